The molecule has 7 nitrogen and oxygen atoms in total. The number of hydrogen-bond acceptors (Lipinski definition) is 5. The Bertz CT molecular complexity index is 1010. The van der Waals surface area contributed by atoms with Crippen molar-refractivity contribution in [1.82, 2.24) is 15.2 Å². The summed E-state index contributed by atoms with van der Waals surface area (Å²) in [5.41, 5.74) is 6.55. The van der Waals surface area contributed by atoms with Crippen LogP contribution in [0.1, 0.15) is 27.3 Å². The van der Waals surface area contributed by atoms with Crippen molar-refractivity contribution < 1.29 is 14.3 Å². The second kappa shape index (κ2) is 8.39. The van der Waals surface area contributed by atoms with E-state index in [1.807, 2.05) is 48.9 Å². The molecule has 0 unspecified atom stereocenters. The molecule has 144 valence electrons. The number of methoxy groups -OCH3 is 2. The fourth-order valence-electron chi connectivity index (χ4n) is 2.86. The lowest BCUT2D eigenvalue weighted by molar-refractivity contribution is 0.0954. The zero-order valence-corrected chi connectivity index (χ0v) is 16.3. The van der Waals surface area contributed by atoms with E-state index < -0.39 is 0 Å². The van der Waals surface area contributed by atoms with Crippen molar-refractivity contribution >= 4 is 12.1 Å². The fraction of sp³-hybridized carbons (Fsp3) is 0.190. The number of nitrogens with zero attached hydrogens (tertiary/aromatic N) is 3. The Kier molecular flexibility index (Phi) is 5.74. The molecule has 0 radical (unpaired) electrons. The first kappa shape index (κ1) is 19.2. The lowest BCUT2D eigenvalue weighted by Crippen LogP contribution is -2.17. The monoisotopic (exact) mass is 378 g/mol. The van der Waals surface area contributed by atoms with Crippen molar-refractivity contribution in [3.8, 4) is 17.2 Å². The number of amides is 1. The number of para-hydroxylation sites is 1. The number of nitrogens with one attached hydrogen (secondary N) is 1. The number of hydrazone groups is 1. The average molecular weight is 378 g/mol. The first-order valence-corrected chi connectivity index (χ1v) is 8.72. The lowest BCUT2D eigenvalue weighted by Gasteiger charge is -2.08. The van der Waals surface area contributed by atoms with E-state index in [1.165, 1.54) is 7.11 Å². The smallest absolute Gasteiger partial charge is 0.271 e. The maximum absolute atomic E-state index is 12.4. The number of carbonyl (C=O) groups excluding carboxylic acids is 1. The van der Waals surface area contributed by atoms with Gasteiger partial charge in [0.15, 0.2) is 11.5 Å². The van der Waals surface area contributed by atoms with E-state index in [2.05, 4.69) is 15.6 Å². The van der Waals surface area contributed by atoms with Crippen molar-refractivity contribution in [2.24, 2.45) is 5.10 Å². The van der Waals surface area contributed by atoms with Gasteiger partial charge < -0.3 is 9.47 Å². The molecule has 0 aliphatic carbocycles. The topological polar surface area (TPSA) is 77.7 Å². The number of rotatable bonds is 6. The van der Waals surface area contributed by atoms with E-state index >= 15 is 0 Å². The summed E-state index contributed by atoms with van der Waals surface area (Å²) < 4.78 is 12.3. The van der Waals surface area contributed by atoms with Gasteiger partial charge in [0.05, 0.1) is 37.5 Å². The molecule has 0 aliphatic heterocycles. The van der Waals surface area contributed by atoms with E-state index in [4.69, 9.17) is 9.47 Å². The molecule has 0 atom stereocenters. The van der Waals surface area contributed by atoms with Crippen LogP contribution in [0.5, 0.6) is 11.5 Å². The number of carbonyl (C=O) groups is 1. The number of benzene rings is 2. The Balaban J connectivity index is 1.76. The number of hydrogen-bond donors (Lipinski definition) is 1. The van der Waals surface area contributed by atoms with Gasteiger partial charge in [0.2, 0.25) is 0 Å². The van der Waals surface area contributed by atoms with Gasteiger partial charge in [-0.2, -0.15) is 10.2 Å². The molecule has 1 amide bonds. The number of aromatic nitrogens is 2. The van der Waals surface area contributed by atoms with Crippen molar-refractivity contribution in [3.05, 3.63) is 71.0 Å². The van der Waals surface area contributed by atoms with Gasteiger partial charge in [-0.25, -0.2) is 10.1 Å². The van der Waals surface area contributed by atoms with E-state index in [-0.39, 0.29) is 5.91 Å². The molecular weight excluding hydrogens is 356 g/mol. The molecular formula is C21H22N4O3. The highest BCUT2D eigenvalue weighted by Crippen LogP contribution is 2.27. The third kappa shape index (κ3) is 3.88. The Morgan fingerprint density at radius 3 is 2.46 bits per heavy atom. The summed E-state index contributed by atoms with van der Waals surface area (Å²) in [6, 6.07) is 14.8. The van der Waals surface area contributed by atoms with Crippen LogP contribution >= 0.6 is 0 Å². The SMILES string of the molecule is COc1ccc(C(=O)N/N=C/c2c(C)nn(-c3ccccc3)c2C)cc1OC. The van der Waals surface area contributed by atoms with Crippen molar-refractivity contribution in [2.75, 3.05) is 14.2 Å². The van der Waals surface area contributed by atoms with E-state index in [0.717, 1.165) is 22.6 Å². The minimum atomic E-state index is -0.344. The fourth-order valence-corrected chi connectivity index (χ4v) is 2.86. The lowest BCUT2D eigenvalue weighted by atomic mass is 10.2. The van der Waals surface area contributed by atoms with E-state index in [0.29, 0.717) is 17.1 Å². The molecule has 0 spiro atoms. The van der Waals surface area contributed by atoms with E-state index in [1.54, 1.807) is 31.5 Å². The van der Waals surface area contributed by atoms with Crippen LogP contribution in [0.15, 0.2) is 53.6 Å². The third-order valence-corrected chi connectivity index (χ3v) is 4.35. The minimum absolute atomic E-state index is 0.344. The molecule has 7 heteroatoms. The highest BCUT2D eigenvalue weighted by Gasteiger charge is 2.12. The van der Waals surface area contributed by atoms with Crippen molar-refractivity contribution in [2.45, 2.75) is 13.8 Å². The second-order valence-electron chi connectivity index (χ2n) is 6.10. The van der Waals surface area contributed by atoms with Crippen LogP contribution in [0.25, 0.3) is 5.69 Å². The van der Waals surface area contributed by atoms with Gasteiger partial charge >= 0.3 is 0 Å². The zero-order valence-electron chi connectivity index (χ0n) is 16.3. The second-order valence-corrected chi connectivity index (χ2v) is 6.10. The van der Waals surface area contributed by atoms with Gasteiger partial charge in [0.1, 0.15) is 0 Å². The van der Waals surface area contributed by atoms with Crippen LogP contribution in [0.2, 0.25) is 0 Å². The van der Waals surface area contributed by atoms with Gasteiger partial charge in [-0.15, -0.1) is 0 Å². The third-order valence-electron chi connectivity index (χ3n) is 4.35. The summed E-state index contributed by atoms with van der Waals surface area (Å²) in [6.07, 6.45) is 1.61. The van der Waals surface area contributed by atoms with Crippen molar-refractivity contribution in [3.63, 3.8) is 0 Å². The van der Waals surface area contributed by atoms with E-state index in [9.17, 15) is 4.79 Å². The molecule has 0 saturated carbocycles. The maximum Gasteiger partial charge on any atom is 0.271 e. The van der Waals surface area contributed by atoms with Crippen LogP contribution in [0, 0.1) is 13.8 Å². The molecule has 0 saturated heterocycles. The Labute approximate surface area is 163 Å². The van der Waals surface area contributed by atoms with Crippen LogP contribution in [0.3, 0.4) is 0 Å². The number of ether oxygens (including phenoxy) is 2. The van der Waals surface area contributed by atoms with Crippen LogP contribution < -0.4 is 14.9 Å². The molecule has 1 heterocycles. The Hall–Kier alpha value is -3.61. The summed E-state index contributed by atoms with van der Waals surface area (Å²) >= 11 is 0. The van der Waals surface area contributed by atoms with Gasteiger partial charge in [-0.3, -0.25) is 4.79 Å². The molecule has 0 fully saturated rings. The largest absolute Gasteiger partial charge is 0.493 e. The standard InChI is InChI=1S/C21H22N4O3/c1-14-18(15(2)25(24-14)17-8-6-5-7-9-17)13-22-23-21(26)16-10-11-19(27-3)20(12-16)28-4/h5-13H,1-4H3,(H,23,26)/b22-13+. The summed E-state index contributed by atoms with van der Waals surface area (Å²) in [5, 5.41) is 8.66. The molecule has 1 N–H and O–H groups in total. The van der Waals surface area contributed by atoms with Gasteiger partial charge in [0, 0.05) is 11.1 Å². The summed E-state index contributed by atoms with van der Waals surface area (Å²) in [7, 11) is 3.07. The summed E-state index contributed by atoms with van der Waals surface area (Å²) in [4.78, 5) is 12.4. The molecule has 0 bridgehead atoms. The first-order valence-electron chi connectivity index (χ1n) is 8.72. The Morgan fingerprint density at radius 2 is 1.79 bits per heavy atom. The van der Waals surface area contributed by atoms with Crippen molar-refractivity contribution in [1.29, 1.82) is 0 Å². The molecule has 0 aliphatic rings. The molecule has 3 rings (SSSR count). The average Bonchev–Trinajstić information content (AvgIpc) is 3.02. The summed E-state index contributed by atoms with van der Waals surface area (Å²) in [5.74, 6) is 0.694. The maximum atomic E-state index is 12.4. The van der Waals surface area contributed by atoms with Crippen LogP contribution in [0.4, 0.5) is 0 Å². The normalized spacial score (nSPS) is 10.9. The Morgan fingerprint density at radius 1 is 1.07 bits per heavy atom. The predicted octanol–water partition coefficient (Wildman–Crippen LogP) is 3.27. The number of aryl methyl sites for hydroxylation is 1. The highest BCUT2D eigenvalue weighted by molar-refractivity contribution is 5.95. The molecule has 3 aromatic rings. The molecule has 1 aromatic heterocycles. The van der Waals surface area contributed by atoms with Gasteiger partial charge in [-0.05, 0) is 44.2 Å². The van der Waals surface area contributed by atoms with Crippen LogP contribution in [-0.2, 0) is 0 Å². The molecule has 28 heavy (non-hydrogen) atoms. The van der Waals surface area contributed by atoms with Gasteiger partial charge in [-0.1, -0.05) is 18.2 Å². The predicted molar refractivity (Wildman–Crippen MR) is 108 cm³/mol. The van der Waals surface area contributed by atoms with Gasteiger partial charge in [0.25, 0.3) is 5.91 Å². The highest BCUT2D eigenvalue weighted by atomic mass is 16.5. The summed E-state index contributed by atoms with van der Waals surface area (Å²) in [6.45, 7) is 3.87. The minimum Gasteiger partial charge on any atom is -0.493 e. The molecule has 2 aromatic carbocycles. The van der Waals surface area contributed by atoms with Crippen LogP contribution in [-0.4, -0.2) is 36.1 Å². The zero-order chi connectivity index (χ0) is 20.1. The quantitative estimate of drug-likeness (QED) is 0.527. The first-order chi connectivity index (χ1) is 13.5.